The van der Waals surface area contributed by atoms with Gasteiger partial charge in [-0.05, 0) is 45.7 Å². The molecular weight excluding hydrogens is 344 g/mol. The number of piperazine rings is 1. The van der Waals surface area contributed by atoms with E-state index < -0.39 is 5.60 Å². The van der Waals surface area contributed by atoms with Crippen molar-refractivity contribution in [1.82, 2.24) is 14.8 Å². The van der Waals surface area contributed by atoms with Gasteiger partial charge in [0.15, 0.2) is 0 Å². The molecule has 1 aromatic rings. The third-order valence-electron chi connectivity index (χ3n) is 4.99. The van der Waals surface area contributed by atoms with Crippen LogP contribution in [0.1, 0.15) is 33.6 Å². The van der Waals surface area contributed by atoms with Crippen LogP contribution in [0, 0.1) is 5.92 Å². The lowest BCUT2D eigenvalue weighted by Crippen LogP contribution is -2.53. The normalized spacial score (nSPS) is 21.1. The predicted molar refractivity (Wildman–Crippen MR) is 104 cm³/mol. The van der Waals surface area contributed by atoms with Gasteiger partial charge < -0.3 is 19.4 Å². The Kier molecular flexibility index (Phi) is 5.87. The number of amides is 2. The molecule has 0 saturated carbocycles. The van der Waals surface area contributed by atoms with Crippen LogP contribution in [-0.4, -0.2) is 71.7 Å². The molecule has 2 fully saturated rings. The fourth-order valence-corrected chi connectivity index (χ4v) is 3.63. The largest absolute Gasteiger partial charge is 0.444 e. The lowest BCUT2D eigenvalue weighted by molar-refractivity contribution is -0.137. The molecule has 1 unspecified atom stereocenters. The number of hydrogen-bond acceptors (Lipinski definition) is 5. The third-order valence-corrected chi connectivity index (χ3v) is 4.99. The Balaban J connectivity index is 1.53. The van der Waals surface area contributed by atoms with E-state index in [1.54, 1.807) is 11.1 Å². The van der Waals surface area contributed by atoms with E-state index >= 15 is 0 Å². The highest BCUT2D eigenvalue weighted by atomic mass is 16.6. The lowest BCUT2D eigenvalue weighted by Gasteiger charge is -2.39. The van der Waals surface area contributed by atoms with E-state index in [1.807, 2.05) is 43.9 Å². The number of pyridine rings is 1. The van der Waals surface area contributed by atoms with E-state index in [0.717, 1.165) is 31.7 Å². The van der Waals surface area contributed by atoms with Crippen molar-refractivity contribution in [3.05, 3.63) is 24.4 Å². The standard InChI is InChI=1S/C20H30N4O3/c1-20(2,3)27-19(26)24-10-6-7-16(15-24)18(25)23-13-11-22(12-14-23)17-8-4-5-9-21-17/h4-5,8-9,16H,6-7,10-15H2,1-3H3. The minimum absolute atomic E-state index is 0.132. The van der Waals surface area contributed by atoms with Crippen molar-refractivity contribution in [2.45, 2.75) is 39.2 Å². The Labute approximate surface area is 161 Å². The molecule has 27 heavy (non-hydrogen) atoms. The van der Waals surface area contributed by atoms with Crippen molar-refractivity contribution in [1.29, 1.82) is 0 Å². The van der Waals surface area contributed by atoms with Gasteiger partial charge in [-0.1, -0.05) is 6.07 Å². The van der Waals surface area contributed by atoms with E-state index in [0.29, 0.717) is 26.2 Å². The van der Waals surface area contributed by atoms with Crippen LogP contribution in [0.25, 0.3) is 0 Å². The number of carbonyl (C=O) groups excluding carboxylic acids is 2. The van der Waals surface area contributed by atoms with Crippen LogP contribution < -0.4 is 4.90 Å². The Morgan fingerprint density at radius 2 is 1.81 bits per heavy atom. The van der Waals surface area contributed by atoms with Crippen molar-refractivity contribution < 1.29 is 14.3 Å². The van der Waals surface area contributed by atoms with E-state index in [4.69, 9.17) is 4.74 Å². The van der Waals surface area contributed by atoms with Crippen LogP contribution in [0.5, 0.6) is 0 Å². The molecule has 2 aliphatic heterocycles. The monoisotopic (exact) mass is 374 g/mol. The summed E-state index contributed by atoms with van der Waals surface area (Å²) in [7, 11) is 0. The van der Waals surface area contributed by atoms with Crippen LogP contribution in [0.3, 0.4) is 0 Å². The molecule has 2 saturated heterocycles. The first kappa shape index (κ1) is 19.5. The predicted octanol–water partition coefficient (Wildman–Crippen LogP) is 2.38. The van der Waals surface area contributed by atoms with Gasteiger partial charge in [0.1, 0.15) is 11.4 Å². The maximum absolute atomic E-state index is 13.0. The summed E-state index contributed by atoms with van der Waals surface area (Å²) < 4.78 is 5.46. The van der Waals surface area contributed by atoms with Gasteiger partial charge in [-0.25, -0.2) is 9.78 Å². The Morgan fingerprint density at radius 1 is 1.07 bits per heavy atom. The maximum Gasteiger partial charge on any atom is 0.410 e. The van der Waals surface area contributed by atoms with Gasteiger partial charge in [0, 0.05) is 45.5 Å². The zero-order chi connectivity index (χ0) is 19.4. The Bertz CT molecular complexity index is 651. The van der Waals surface area contributed by atoms with Crippen LogP contribution in [-0.2, 0) is 9.53 Å². The summed E-state index contributed by atoms with van der Waals surface area (Å²) >= 11 is 0. The summed E-state index contributed by atoms with van der Waals surface area (Å²) in [6.07, 6.45) is 3.14. The number of anilines is 1. The summed E-state index contributed by atoms with van der Waals surface area (Å²) in [5.74, 6) is 0.981. The number of piperidine rings is 1. The van der Waals surface area contributed by atoms with Crippen LogP contribution in [0.4, 0.5) is 10.6 Å². The molecule has 148 valence electrons. The van der Waals surface area contributed by atoms with Crippen LogP contribution in [0.15, 0.2) is 24.4 Å². The van der Waals surface area contributed by atoms with Crippen molar-refractivity contribution in [3.8, 4) is 0 Å². The highest BCUT2D eigenvalue weighted by molar-refractivity contribution is 5.80. The van der Waals surface area contributed by atoms with Gasteiger partial charge in [0.25, 0.3) is 0 Å². The molecular formula is C20H30N4O3. The Hall–Kier alpha value is -2.31. The topological polar surface area (TPSA) is 66.0 Å². The molecule has 0 bridgehead atoms. The average Bonchev–Trinajstić information content (AvgIpc) is 2.67. The van der Waals surface area contributed by atoms with Gasteiger partial charge in [0.2, 0.25) is 5.91 Å². The number of ether oxygens (including phenoxy) is 1. The number of likely N-dealkylation sites (tertiary alicyclic amines) is 1. The van der Waals surface area contributed by atoms with Gasteiger partial charge in [0.05, 0.1) is 5.92 Å². The second kappa shape index (κ2) is 8.15. The van der Waals surface area contributed by atoms with Gasteiger partial charge in [-0.2, -0.15) is 0 Å². The summed E-state index contributed by atoms with van der Waals surface area (Å²) in [4.78, 5) is 35.5. The first-order valence-corrected chi connectivity index (χ1v) is 9.76. The highest BCUT2D eigenvalue weighted by Crippen LogP contribution is 2.22. The molecule has 3 heterocycles. The molecule has 1 aromatic heterocycles. The molecule has 3 rings (SSSR count). The van der Waals surface area contributed by atoms with Gasteiger partial charge in [-0.3, -0.25) is 4.79 Å². The fraction of sp³-hybridized carbons (Fsp3) is 0.650. The molecule has 0 N–H and O–H groups in total. The van der Waals surface area contributed by atoms with Crippen LogP contribution >= 0.6 is 0 Å². The van der Waals surface area contributed by atoms with Crippen LogP contribution in [0.2, 0.25) is 0 Å². The van der Waals surface area contributed by atoms with Crippen molar-refractivity contribution >= 4 is 17.8 Å². The lowest BCUT2D eigenvalue weighted by atomic mass is 9.96. The van der Waals surface area contributed by atoms with Crippen molar-refractivity contribution in [2.24, 2.45) is 5.92 Å². The van der Waals surface area contributed by atoms with E-state index in [1.165, 1.54) is 0 Å². The van der Waals surface area contributed by atoms with E-state index in [2.05, 4.69) is 9.88 Å². The molecule has 0 spiro atoms. The van der Waals surface area contributed by atoms with Crippen molar-refractivity contribution in [2.75, 3.05) is 44.2 Å². The van der Waals surface area contributed by atoms with E-state index in [9.17, 15) is 9.59 Å². The summed E-state index contributed by atoms with van der Waals surface area (Å²) in [6.45, 7) is 9.64. The summed E-state index contributed by atoms with van der Waals surface area (Å²) in [5.41, 5.74) is -0.518. The fourth-order valence-electron chi connectivity index (χ4n) is 3.63. The smallest absolute Gasteiger partial charge is 0.410 e. The zero-order valence-corrected chi connectivity index (χ0v) is 16.6. The van der Waals surface area contributed by atoms with E-state index in [-0.39, 0.29) is 17.9 Å². The minimum Gasteiger partial charge on any atom is -0.444 e. The average molecular weight is 374 g/mol. The minimum atomic E-state index is -0.518. The molecule has 0 aliphatic carbocycles. The SMILES string of the molecule is CC(C)(C)OC(=O)N1CCCC(C(=O)N2CCN(c3ccccn3)CC2)C1. The zero-order valence-electron chi connectivity index (χ0n) is 16.6. The highest BCUT2D eigenvalue weighted by Gasteiger charge is 2.34. The first-order valence-electron chi connectivity index (χ1n) is 9.76. The second-order valence-corrected chi connectivity index (χ2v) is 8.27. The molecule has 1 atom stereocenters. The molecule has 7 heteroatoms. The maximum atomic E-state index is 13.0. The molecule has 2 amide bonds. The summed E-state index contributed by atoms with van der Waals surface area (Å²) in [5, 5.41) is 0. The molecule has 7 nitrogen and oxygen atoms in total. The Morgan fingerprint density at radius 3 is 2.44 bits per heavy atom. The third kappa shape index (κ3) is 5.11. The number of aromatic nitrogens is 1. The number of nitrogens with zero attached hydrogens (tertiary/aromatic N) is 4. The molecule has 2 aliphatic rings. The molecule has 0 radical (unpaired) electrons. The number of rotatable bonds is 2. The quantitative estimate of drug-likeness (QED) is 0.795. The van der Waals surface area contributed by atoms with Gasteiger partial charge in [-0.15, -0.1) is 0 Å². The van der Waals surface area contributed by atoms with Gasteiger partial charge >= 0.3 is 6.09 Å². The first-order chi connectivity index (χ1) is 12.8. The van der Waals surface area contributed by atoms with Crippen molar-refractivity contribution in [3.63, 3.8) is 0 Å². The molecule has 0 aromatic carbocycles. The second-order valence-electron chi connectivity index (χ2n) is 8.27. The number of carbonyl (C=O) groups is 2. The number of hydrogen-bond donors (Lipinski definition) is 0. The summed E-state index contributed by atoms with van der Waals surface area (Å²) in [6, 6.07) is 5.88.